The molecule has 4 aliphatic rings. The summed E-state index contributed by atoms with van der Waals surface area (Å²) in [6.45, 7) is 10.1. The first-order valence-electron chi connectivity index (χ1n) is 20.8. The molecule has 0 radical (unpaired) electrons. The van der Waals surface area contributed by atoms with Crippen molar-refractivity contribution in [2.45, 2.75) is 52.0 Å². The number of hydrogen-bond acceptors (Lipinski definition) is 8. The average Bonchev–Trinajstić information content (AvgIpc) is 3.24. The standard InChI is InChI=1S/C51H44N4O6/c1-50(2)19-17-30-38(60-50)21-40(58-7)44-46(30)52(5)36-15-9-26-28(42(36)48(44)56)11-13-34-32(26)23-54-25-55(34)24-33-27-10-16-37-43(29(27)12-14-35(33)54)49(57)45-41(59-8)22-39-31(47(45)53(37)6)18-20-51(3,4)61-39/h9-22H,23-25H2,1-8H3. The van der Waals surface area contributed by atoms with Crippen molar-refractivity contribution in [2.24, 2.45) is 14.1 Å². The molecule has 12 rings (SSSR count). The van der Waals surface area contributed by atoms with E-state index in [2.05, 4.69) is 79.6 Å². The molecule has 2 aromatic heterocycles. The Morgan fingerprint density at radius 1 is 0.557 bits per heavy atom. The summed E-state index contributed by atoms with van der Waals surface area (Å²) in [5.41, 5.74) is 8.64. The number of aryl methyl sites for hydroxylation is 2. The SMILES string of the molecule is COc1cc2c(c3c1c(=O)c1c4ccc5c(c4ccc1n3C)CN1CN5Cc3c1ccc1c3ccc3c1c(=O)c1c(OC)cc4c(c1n3C)C=CC(C)(C)O4)C=CC(C)(C)O2. The van der Waals surface area contributed by atoms with Crippen molar-refractivity contribution in [3.8, 4) is 23.0 Å². The highest BCUT2D eigenvalue weighted by atomic mass is 16.5. The monoisotopic (exact) mass is 808 g/mol. The minimum atomic E-state index is -0.474. The Bertz CT molecular complexity index is 3340. The second kappa shape index (κ2) is 11.9. The van der Waals surface area contributed by atoms with Gasteiger partial charge in [-0.25, -0.2) is 0 Å². The lowest BCUT2D eigenvalue weighted by Gasteiger charge is -2.45. The van der Waals surface area contributed by atoms with Gasteiger partial charge in [0.25, 0.3) is 0 Å². The van der Waals surface area contributed by atoms with Gasteiger partial charge in [-0.2, -0.15) is 0 Å². The molecule has 2 bridgehead atoms. The fourth-order valence-corrected chi connectivity index (χ4v) is 10.8. The number of methoxy groups -OCH3 is 2. The van der Waals surface area contributed by atoms with Crippen LogP contribution in [0.5, 0.6) is 23.0 Å². The highest BCUT2D eigenvalue weighted by Crippen LogP contribution is 2.47. The Kier molecular flexibility index (Phi) is 7.00. The molecule has 304 valence electrons. The summed E-state index contributed by atoms with van der Waals surface area (Å²) in [5, 5.41) is 6.39. The molecule has 0 amide bonds. The van der Waals surface area contributed by atoms with Gasteiger partial charge in [0.15, 0.2) is 0 Å². The summed E-state index contributed by atoms with van der Waals surface area (Å²) in [6.07, 6.45) is 8.20. The molecule has 10 heteroatoms. The Morgan fingerprint density at radius 3 is 1.38 bits per heavy atom. The zero-order valence-electron chi connectivity index (χ0n) is 35.4. The van der Waals surface area contributed by atoms with Crippen molar-refractivity contribution < 1.29 is 18.9 Å². The molecule has 0 unspecified atom stereocenters. The van der Waals surface area contributed by atoms with Crippen molar-refractivity contribution in [3.63, 3.8) is 0 Å². The third kappa shape index (κ3) is 4.73. The van der Waals surface area contributed by atoms with Crippen LogP contribution in [0.4, 0.5) is 11.4 Å². The van der Waals surface area contributed by atoms with Crippen LogP contribution < -0.4 is 39.6 Å². The van der Waals surface area contributed by atoms with Gasteiger partial charge in [-0.05, 0) is 97.8 Å². The van der Waals surface area contributed by atoms with E-state index in [1.54, 1.807) is 14.2 Å². The van der Waals surface area contributed by atoms with Crippen molar-refractivity contribution in [1.29, 1.82) is 0 Å². The Balaban J connectivity index is 1.02. The highest BCUT2D eigenvalue weighted by molar-refractivity contribution is 6.15. The summed E-state index contributed by atoms with van der Waals surface area (Å²) < 4.78 is 28.7. The molecular formula is C51H44N4O6. The minimum Gasteiger partial charge on any atom is -0.496 e. The molecule has 61 heavy (non-hydrogen) atoms. The lowest BCUT2D eigenvalue weighted by atomic mass is 9.91. The summed E-state index contributed by atoms with van der Waals surface area (Å²) >= 11 is 0. The second-order valence-corrected chi connectivity index (χ2v) is 18.1. The first kappa shape index (κ1) is 36.0. The van der Waals surface area contributed by atoms with Crippen LogP contribution in [0.1, 0.15) is 49.9 Å². The van der Waals surface area contributed by atoms with E-state index in [0.717, 1.165) is 72.8 Å². The third-order valence-corrected chi connectivity index (χ3v) is 13.6. The van der Waals surface area contributed by atoms with Crippen LogP contribution in [0, 0.1) is 0 Å². The van der Waals surface area contributed by atoms with Crippen LogP contribution >= 0.6 is 0 Å². The van der Waals surface area contributed by atoms with E-state index in [-0.39, 0.29) is 10.9 Å². The normalized spacial score (nSPS) is 16.8. The highest BCUT2D eigenvalue weighted by Gasteiger charge is 2.34. The van der Waals surface area contributed by atoms with Crippen LogP contribution in [0.15, 0.2) is 82.4 Å². The average molecular weight is 809 g/mol. The van der Waals surface area contributed by atoms with Crippen LogP contribution in [-0.4, -0.2) is 41.2 Å². The lowest BCUT2D eigenvalue weighted by Crippen LogP contribution is -2.46. The fraction of sp³-hybridized carbons (Fsp3) is 0.255. The van der Waals surface area contributed by atoms with Crippen molar-refractivity contribution >= 4 is 88.7 Å². The van der Waals surface area contributed by atoms with E-state index < -0.39 is 11.2 Å². The molecule has 0 N–H and O–H groups in total. The van der Waals surface area contributed by atoms with Gasteiger partial charge in [0.05, 0.1) is 64.5 Å². The van der Waals surface area contributed by atoms with Crippen molar-refractivity contribution in [3.05, 3.63) is 116 Å². The van der Waals surface area contributed by atoms with E-state index in [1.807, 2.05) is 66.1 Å². The molecule has 0 spiro atoms. The second-order valence-electron chi connectivity index (χ2n) is 18.1. The number of hydrogen-bond donors (Lipinski definition) is 0. The molecule has 10 nitrogen and oxygen atoms in total. The molecular weight excluding hydrogens is 765 g/mol. The zero-order chi connectivity index (χ0) is 42.0. The van der Waals surface area contributed by atoms with Crippen molar-refractivity contribution in [2.75, 3.05) is 30.7 Å². The van der Waals surface area contributed by atoms with Crippen LogP contribution in [-0.2, 0) is 27.2 Å². The van der Waals surface area contributed by atoms with Gasteiger partial charge < -0.3 is 37.9 Å². The number of fused-ring (bicyclic) bond motifs is 20. The molecule has 0 saturated heterocycles. The molecule has 6 heterocycles. The maximum atomic E-state index is 14.8. The summed E-state index contributed by atoms with van der Waals surface area (Å²) in [6, 6.07) is 20.8. The van der Waals surface area contributed by atoms with Gasteiger partial charge in [0.1, 0.15) is 34.2 Å². The summed E-state index contributed by atoms with van der Waals surface area (Å²) in [5.74, 6) is 2.40. The molecule has 0 saturated carbocycles. The summed E-state index contributed by atoms with van der Waals surface area (Å²) in [4.78, 5) is 34.5. The Morgan fingerprint density at radius 2 is 0.967 bits per heavy atom. The Labute approximate surface area is 351 Å². The van der Waals surface area contributed by atoms with E-state index in [1.165, 1.54) is 11.1 Å². The minimum absolute atomic E-state index is 0.0580. The number of aromatic nitrogens is 2. The Hall–Kier alpha value is -6.94. The summed E-state index contributed by atoms with van der Waals surface area (Å²) in [7, 11) is 7.25. The van der Waals surface area contributed by atoms with Gasteiger partial charge in [-0.15, -0.1) is 0 Å². The fourth-order valence-electron chi connectivity index (χ4n) is 10.8. The lowest BCUT2D eigenvalue weighted by molar-refractivity contribution is 0.158. The molecule has 0 aliphatic carbocycles. The van der Waals surface area contributed by atoms with Gasteiger partial charge >= 0.3 is 0 Å². The topological polar surface area (TPSA) is 87.4 Å². The quantitative estimate of drug-likeness (QED) is 0.126. The molecule has 0 atom stereocenters. The molecule has 6 aromatic carbocycles. The number of benzene rings is 6. The van der Waals surface area contributed by atoms with Gasteiger partial charge in [-0.1, -0.05) is 24.3 Å². The van der Waals surface area contributed by atoms with Crippen molar-refractivity contribution in [1.82, 2.24) is 9.13 Å². The number of rotatable bonds is 2. The van der Waals surface area contributed by atoms with Gasteiger partial charge in [0, 0.05) is 72.9 Å². The van der Waals surface area contributed by atoms with Gasteiger partial charge in [-0.3, -0.25) is 9.59 Å². The predicted octanol–water partition coefficient (Wildman–Crippen LogP) is 9.69. The maximum absolute atomic E-state index is 14.8. The van der Waals surface area contributed by atoms with E-state index in [9.17, 15) is 9.59 Å². The largest absolute Gasteiger partial charge is 0.496 e. The third-order valence-electron chi connectivity index (χ3n) is 13.6. The van der Waals surface area contributed by atoms with Crippen LogP contribution in [0.25, 0.3) is 77.3 Å². The van der Waals surface area contributed by atoms with Crippen LogP contribution in [0.3, 0.4) is 0 Å². The number of pyridine rings is 2. The molecule has 0 fully saturated rings. The number of anilines is 2. The van der Waals surface area contributed by atoms with E-state index >= 15 is 0 Å². The predicted molar refractivity (Wildman–Crippen MR) is 246 cm³/mol. The number of nitrogens with zero attached hydrogens (tertiary/aromatic N) is 4. The number of ether oxygens (including phenoxy) is 4. The molecule has 8 aromatic rings. The zero-order valence-corrected chi connectivity index (χ0v) is 35.4. The molecule has 4 aliphatic heterocycles. The first-order valence-corrected chi connectivity index (χ1v) is 20.8. The van der Waals surface area contributed by atoms with Crippen LogP contribution in [0.2, 0.25) is 0 Å². The van der Waals surface area contributed by atoms with E-state index in [0.29, 0.717) is 57.6 Å². The smallest absolute Gasteiger partial charge is 0.201 e. The van der Waals surface area contributed by atoms with Gasteiger partial charge in [0.2, 0.25) is 10.9 Å². The first-order chi connectivity index (χ1) is 29.3. The maximum Gasteiger partial charge on any atom is 0.201 e. The van der Waals surface area contributed by atoms with E-state index in [4.69, 9.17) is 18.9 Å².